The number of rotatable bonds is 1. The van der Waals surface area contributed by atoms with Crippen LogP contribution < -0.4 is 0 Å². The second-order valence-corrected chi connectivity index (χ2v) is 2.53. The Morgan fingerprint density at radius 3 is 2.17 bits per heavy atom. The van der Waals surface area contributed by atoms with Gasteiger partial charge in [0.05, 0.1) is 0 Å². The van der Waals surface area contributed by atoms with Crippen molar-refractivity contribution in [3.8, 4) is 0 Å². The molecule has 0 aromatic heterocycles. The Balaban J connectivity index is 2.06. The molecule has 2 N–H and O–H groups in total. The highest BCUT2D eigenvalue weighted by molar-refractivity contribution is 5.16. The predicted octanol–water partition coefficient (Wildman–Crippen LogP) is 0.328. The van der Waals surface area contributed by atoms with Crippen molar-refractivity contribution in [2.24, 2.45) is 0 Å². The Morgan fingerprint density at radius 1 is 1.08 bits per heavy atom. The van der Waals surface area contributed by atoms with E-state index in [4.69, 9.17) is 10.2 Å². The largest absolute Gasteiger partial charge is 0.412 e. The predicted molar refractivity (Wildman–Crippen MR) is 38.5 cm³/mol. The van der Waals surface area contributed by atoms with Gasteiger partial charge in [0, 0.05) is 5.56 Å². The minimum absolute atomic E-state index is 0.666. The Hall–Kier alpha value is -0.940. The number of ether oxygens (including phenoxy) is 2. The highest BCUT2D eigenvalue weighted by Gasteiger charge is 2.45. The van der Waals surface area contributed by atoms with Gasteiger partial charge in [0.25, 0.3) is 0 Å². The highest BCUT2D eigenvalue weighted by Crippen LogP contribution is 2.35. The van der Waals surface area contributed by atoms with Crippen molar-refractivity contribution in [2.45, 2.75) is 12.4 Å². The van der Waals surface area contributed by atoms with E-state index in [2.05, 4.69) is 9.47 Å². The molecule has 0 radical (unpaired) electrons. The maximum Gasteiger partial charge on any atom is 0.412 e. The molecule has 12 heavy (non-hydrogen) atoms. The Kier molecular flexibility index (Phi) is 1.62. The molecule has 0 bridgehead atoms. The van der Waals surface area contributed by atoms with Gasteiger partial charge in [-0.25, -0.2) is 0 Å². The summed E-state index contributed by atoms with van der Waals surface area (Å²) in [5.74, 6) is 0. The standard InChI is InChI=1S/C8H8O4/c9-8(10)11-7(12-8)6-4-2-1-3-5-6/h1-5,7,9-10H. The molecular formula is C8H8O4. The fourth-order valence-electron chi connectivity index (χ4n) is 1.03. The number of benzene rings is 1. The van der Waals surface area contributed by atoms with Gasteiger partial charge in [-0.05, 0) is 0 Å². The van der Waals surface area contributed by atoms with E-state index in [1.807, 2.05) is 18.2 Å². The topological polar surface area (TPSA) is 58.9 Å². The zero-order valence-corrected chi connectivity index (χ0v) is 6.18. The average Bonchev–Trinajstić information content (AvgIpc) is 2.02. The Bertz CT molecular complexity index is 262. The van der Waals surface area contributed by atoms with E-state index < -0.39 is 12.4 Å². The Labute approximate surface area is 69.0 Å². The lowest BCUT2D eigenvalue weighted by molar-refractivity contribution is -0.615. The number of hydrogen-bond donors (Lipinski definition) is 2. The third-order valence-electron chi connectivity index (χ3n) is 1.59. The van der Waals surface area contributed by atoms with Crippen molar-refractivity contribution in [2.75, 3.05) is 0 Å². The molecule has 0 unspecified atom stereocenters. The molecule has 1 aromatic carbocycles. The smallest absolute Gasteiger partial charge is 0.319 e. The van der Waals surface area contributed by atoms with Crippen LogP contribution in [0, 0.1) is 0 Å². The maximum atomic E-state index is 8.66. The zero-order chi connectivity index (χ0) is 8.60. The first kappa shape index (κ1) is 7.70. The summed E-state index contributed by atoms with van der Waals surface area (Å²) < 4.78 is 9.20. The molecule has 0 atom stereocenters. The summed E-state index contributed by atoms with van der Waals surface area (Å²) >= 11 is 0. The molecule has 64 valence electrons. The van der Waals surface area contributed by atoms with Gasteiger partial charge in [-0.1, -0.05) is 30.3 Å². The normalized spacial score (nSPS) is 21.8. The van der Waals surface area contributed by atoms with Crippen LogP contribution in [0.3, 0.4) is 0 Å². The molecule has 0 spiro atoms. The van der Waals surface area contributed by atoms with Crippen LogP contribution in [0.2, 0.25) is 0 Å². The summed E-state index contributed by atoms with van der Waals surface area (Å²) in [6, 6.07) is 9.04. The molecular weight excluding hydrogens is 160 g/mol. The quantitative estimate of drug-likeness (QED) is 0.593. The van der Waals surface area contributed by atoms with Crippen LogP contribution in [-0.2, 0) is 9.47 Å². The fourth-order valence-corrected chi connectivity index (χ4v) is 1.03. The molecule has 1 saturated heterocycles. The summed E-state index contributed by atoms with van der Waals surface area (Å²) in [4.78, 5) is 0. The molecule has 1 aliphatic rings. The molecule has 0 saturated carbocycles. The van der Waals surface area contributed by atoms with Crippen molar-refractivity contribution >= 4 is 0 Å². The van der Waals surface area contributed by atoms with Crippen LogP contribution >= 0.6 is 0 Å². The second kappa shape index (κ2) is 2.53. The molecule has 1 aromatic rings. The van der Waals surface area contributed by atoms with E-state index in [1.165, 1.54) is 0 Å². The zero-order valence-electron chi connectivity index (χ0n) is 6.18. The van der Waals surface area contributed by atoms with E-state index in [9.17, 15) is 0 Å². The van der Waals surface area contributed by atoms with Gasteiger partial charge >= 0.3 is 6.16 Å². The van der Waals surface area contributed by atoms with Crippen LogP contribution in [0.1, 0.15) is 11.9 Å². The summed E-state index contributed by atoms with van der Waals surface area (Å²) in [6.07, 6.45) is -3.07. The van der Waals surface area contributed by atoms with Crippen molar-refractivity contribution in [3.05, 3.63) is 35.9 Å². The minimum Gasteiger partial charge on any atom is -0.319 e. The number of aliphatic hydroxyl groups is 2. The first-order valence-corrected chi connectivity index (χ1v) is 3.53. The third kappa shape index (κ3) is 1.33. The molecule has 0 amide bonds. The molecule has 1 heterocycles. The summed E-state index contributed by atoms with van der Waals surface area (Å²) in [7, 11) is 0. The molecule has 2 rings (SSSR count). The van der Waals surface area contributed by atoms with Crippen molar-refractivity contribution < 1.29 is 19.7 Å². The lowest BCUT2D eigenvalue weighted by Gasteiger charge is -2.37. The molecule has 4 nitrogen and oxygen atoms in total. The Morgan fingerprint density at radius 2 is 1.67 bits per heavy atom. The van der Waals surface area contributed by atoms with Gasteiger partial charge < -0.3 is 10.2 Å². The van der Waals surface area contributed by atoms with E-state index in [0.717, 1.165) is 5.56 Å². The van der Waals surface area contributed by atoms with Gasteiger partial charge in [-0.15, -0.1) is 0 Å². The summed E-state index contributed by atoms with van der Waals surface area (Å²) in [5.41, 5.74) is 0.760. The van der Waals surface area contributed by atoms with Crippen LogP contribution in [0.5, 0.6) is 0 Å². The van der Waals surface area contributed by atoms with Crippen molar-refractivity contribution in [1.82, 2.24) is 0 Å². The summed E-state index contributed by atoms with van der Waals surface area (Å²) in [6.45, 7) is 0. The monoisotopic (exact) mass is 168 g/mol. The minimum atomic E-state index is -2.40. The van der Waals surface area contributed by atoms with Gasteiger partial charge in [0.15, 0.2) is 0 Å². The molecule has 1 aliphatic heterocycles. The van der Waals surface area contributed by atoms with E-state index >= 15 is 0 Å². The SMILES string of the molecule is OC1(O)OC(c2ccccc2)O1. The molecule has 0 aliphatic carbocycles. The van der Waals surface area contributed by atoms with Gasteiger partial charge in [0.1, 0.15) is 0 Å². The fraction of sp³-hybridized carbons (Fsp3) is 0.250. The third-order valence-corrected chi connectivity index (χ3v) is 1.59. The van der Waals surface area contributed by atoms with Crippen LogP contribution in [0.15, 0.2) is 30.3 Å². The lowest BCUT2D eigenvalue weighted by atomic mass is 10.2. The van der Waals surface area contributed by atoms with Crippen molar-refractivity contribution in [3.63, 3.8) is 0 Å². The number of hydrogen-bond acceptors (Lipinski definition) is 4. The van der Waals surface area contributed by atoms with Gasteiger partial charge in [0.2, 0.25) is 6.29 Å². The molecule has 4 heteroatoms. The van der Waals surface area contributed by atoms with E-state index in [1.54, 1.807) is 12.1 Å². The van der Waals surface area contributed by atoms with E-state index in [0.29, 0.717) is 0 Å². The highest BCUT2D eigenvalue weighted by atomic mass is 17.1. The van der Waals surface area contributed by atoms with Crippen LogP contribution in [0.25, 0.3) is 0 Å². The average molecular weight is 168 g/mol. The van der Waals surface area contributed by atoms with Gasteiger partial charge in [-0.3, -0.25) is 9.47 Å². The maximum absolute atomic E-state index is 8.66. The van der Waals surface area contributed by atoms with Crippen molar-refractivity contribution in [1.29, 1.82) is 0 Å². The van der Waals surface area contributed by atoms with Crippen LogP contribution in [0.4, 0.5) is 0 Å². The first-order chi connectivity index (χ1) is 5.67. The van der Waals surface area contributed by atoms with Gasteiger partial charge in [-0.2, -0.15) is 0 Å². The second-order valence-electron chi connectivity index (χ2n) is 2.53. The van der Waals surface area contributed by atoms with Crippen LogP contribution in [-0.4, -0.2) is 16.4 Å². The molecule has 1 fully saturated rings. The van der Waals surface area contributed by atoms with E-state index in [-0.39, 0.29) is 0 Å². The lowest BCUT2D eigenvalue weighted by Crippen LogP contribution is -2.48. The summed E-state index contributed by atoms with van der Waals surface area (Å²) in [5, 5.41) is 17.3. The first-order valence-electron chi connectivity index (χ1n) is 3.53.